The fourth-order valence-electron chi connectivity index (χ4n) is 3.63. The number of hydrogen-bond acceptors (Lipinski definition) is 4. The monoisotopic (exact) mass is 253 g/mol. The van der Waals surface area contributed by atoms with Gasteiger partial charge in [0, 0.05) is 38.1 Å². The van der Waals surface area contributed by atoms with E-state index in [9.17, 15) is 9.59 Å². The van der Waals surface area contributed by atoms with Gasteiger partial charge in [-0.25, -0.2) is 0 Å². The van der Waals surface area contributed by atoms with Gasteiger partial charge < -0.3 is 15.7 Å². The lowest BCUT2D eigenvalue weighted by molar-refractivity contribution is -0.142. The molecule has 3 fully saturated rings. The number of carbonyl (C=O) groups excluding carboxylic acids is 1. The Kier molecular flexibility index (Phi) is 2.60. The molecule has 100 valence electrons. The first-order valence-corrected chi connectivity index (χ1v) is 6.57. The summed E-state index contributed by atoms with van der Waals surface area (Å²) >= 11 is 0. The predicted octanol–water partition coefficient (Wildman–Crippen LogP) is -0.762. The molecule has 0 spiro atoms. The number of likely N-dealkylation sites (tertiary alicyclic amines) is 1. The van der Waals surface area contributed by atoms with E-state index in [-0.39, 0.29) is 18.0 Å². The Balaban J connectivity index is 1.74. The van der Waals surface area contributed by atoms with Crippen LogP contribution in [0.5, 0.6) is 0 Å². The van der Waals surface area contributed by atoms with Gasteiger partial charge in [0.25, 0.3) is 0 Å². The zero-order valence-electron chi connectivity index (χ0n) is 10.3. The maximum Gasteiger partial charge on any atom is 0.325 e. The zero-order valence-corrected chi connectivity index (χ0v) is 10.3. The van der Waals surface area contributed by atoms with Crippen molar-refractivity contribution in [3.05, 3.63) is 0 Å². The van der Waals surface area contributed by atoms with E-state index in [0.717, 1.165) is 19.4 Å². The average Bonchev–Trinajstić information content (AvgIpc) is 2.97. The lowest BCUT2D eigenvalue weighted by atomic mass is 10.0. The molecule has 0 bridgehead atoms. The first-order chi connectivity index (χ1) is 8.51. The van der Waals surface area contributed by atoms with Gasteiger partial charge in [0.2, 0.25) is 5.91 Å². The molecule has 6 heteroatoms. The van der Waals surface area contributed by atoms with Crippen LogP contribution in [0.1, 0.15) is 25.7 Å². The highest BCUT2D eigenvalue weighted by molar-refractivity contribution is 5.81. The number of rotatable bonds is 2. The van der Waals surface area contributed by atoms with Crippen molar-refractivity contribution in [2.45, 2.75) is 43.3 Å². The molecule has 0 aromatic heterocycles. The van der Waals surface area contributed by atoms with E-state index in [1.807, 2.05) is 4.90 Å². The van der Waals surface area contributed by atoms with E-state index in [4.69, 9.17) is 10.8 Å². The summed E-state index contributed by atoms with van der Waals surface area (Å²) < 4.78 is 0. The summed E-state index contributed by atoms with van der Waals surface area (Å²) in [6.07, 6.45) is 3.10. The third-order valence-electron chi connectivity index (χ3n) is 4.67. The van der Waals surface area contributed by atoms with Crippen LogP contribution in [-0.4, -0.2) is 64.0 Å². The normalized spacial score (nSPS) is 40.5. The van der Waals surface area contributed by atoms with Gasteiger partial charge in [0.1, 0.15) is 5.54 Å². The van der Waals surface area contributed by atoms with Crippen LogP contribution in [0.2, 0.25) is 0 Å². The Hall–Kier alpha value is -1.14. The first kappa shape index (κ1) is 11.9. The largest absolute Gasteiger partial charge is 0.480 e. The second-order valence-electron chi connectivity index (χ2n) is 5.75. The molecule has 0 aromatic rings. The van der Waals surface area contributed by atoms with Gasteiger partial charge in [-0.2, -0.15) is 0 Å². The highest BCUT2D eigenvalue weighted by Gasteiger charge is 2.50. The van der Waals surface area contributed by atoms with E-state index in [2.05, 4.69) is 4.90 Å². The van der Waals surface area contributed by atoms with Crippen molar-refractivity contribution in [1.29, 1.82) is 0 Å². The van der Waals surface area contributed by atoms with Crippen LogP contribution in [0.15, 0.2) is 0 Å². The minimum atomic E-state index is -1.13. The van der Waals surface area contributed by atoms with E-state index < -0.39 is 11.5 Å². The highest BCUT2D eigenvalue weighted by Crippen LogP contribution is 2.35. The quantitative estimate of drug-likeness (QED) is 0.675. The van der Waals surface area contributed by atoms with Gasteiger partial charge >= 0.3 is 5.97 Å². The lowest BCUT2D eigenvalue weighted by Crippen LogP contribution is -2.52. The molecule has 3 heterocycles. The fourth-order valence-corrected chi connectivity index (χ4v) is 3.63. The zero-order chi connectivity index (χ0) is 12.9. The minimum Gasteiger partial charge on any atom is -0.480 e. The van der Waals surface area contributed by atoms with Crippen molar-refractivity contribution in [2.24, 2.45) is 5.73 Å². The summed E-state index contributed by atoms with van der Waals surface area (Å²) in [7, 11) is 0. The average molecular weight is 253 g/mol. The number of nitrogens with zero attached hydrogens (tertiary/aromatic N) is 2. The van der Waals surface area contributed by atoms with Crippen molar-refractivity contribution in [3.8, 4) is 0 Å². The lowest BCUT2D eigenvalue weighted by Gasteiger charge is -2.29. The molecular formula is C12H19N3O3. The van der Waals surface area contributed by atoms with Crippen molar-refractivity contribution in [3.63, 3.8) is 0 Å². The topological polar surface area (TPSA) is 86.9 Å². The van der Waals surface area contributed by atoms with Crippen LogP contribution in [-0.2, 0) is 9.59 Å². The molecule has 0 saturated carbocycles. The molecule has 18 heavy (non-hydrogen) atoms. The van der Waals surface area contributed by atoms with Crippen molar-refractivity contribution in [1.82, 2.24) is 9.80 Å². The Morgan fingerprint density at radius 1 is 1.39 bits per heavy atom. The molecule has 3 atom stereocenters. The maximum absolute atomic E-state index is 11.9. The van der Waals surface area contributed by atoms with Crippen molar-refractivity contribution >= 4 is 11.9 Å². The van der Waals surface area contributed by atoms with E-state index in [1.165, 1.54) is 0 Å². The number of carboxylic acid groups (broad SMARTS) is 1. The molecule has 3 aliphatic heterocycles. The number of aliphatic carboxylic acids is 1. The number of hydrogen-bond donors (Lipinski definition) is 2. The van der Waals surface area contributed by atoms with Gasteiger partial charge in [0.05, 0.1) is 0 Å². The predicted molar refractivity (Wildman–Crippen MR) is 63.9 cm³/mol. The highest BCUT2D eigenvalue weighted by atomic mass is 16.4. The van der Waals surface area contributed by atoms with Crippen molar-refractivity contribution < 1.29 is 14.7 Å². The SMILES string of the molecule is NC1(C(=O)O)CCN(C2CC(=O)N3CCCC23)C1. The second-order valence-corrected chi connectivity index (χ2v) is 5.75. The summed E-state index contributed by atoms with van der Waals surface area (Å²) in [5, 5.41) is 9.14. The molecule has 0 radical (unpaired) electrons. The van der Waals surface area contributed by atoms with E-state index >= 15 is 0 Å². The summed E-state index contributed by atoms with van der Waals surface area (Å²) in [6.45, 7) is 1.91. The van der Waals surface area contributed by atoms with Gasteiger partial charge in [-0.15, -0.1) is 0 Å². The van der Waals surface area contributed by atoms with Crippen LogP contribution in [0.4, 0.5) is 0 Å². The van der Waals surface area contributed by atoms with Gasteiger partial charge in [-0.1, -0.05) is 0 Å². The summed E-state index contributed by atoms with van der Waals surface area (Å²) in [5.74, 6) is -0.718. The standard InChI is InChI=1S/C12H19N3O3/c13-12(11(17)18)3-5-14(7-12)9-6-10(16)15-4-1-2-8(9)15/h8-9H,1-7,13H2,(H,17,18). The van der Waals surface area contributed by atoms with Crippen LogP contribution in [0.25, 0.3) is 0 Å². The van der Waals surface area contributed by atoms with E-state index in [1.54, 1.807) is 0 Å². The summed E-state index contributed by atoms with van der Waals surface area (Å²) in [6, 6.07) is 0.457. The molecule has 3 rings (SSSR count). The Morgan fingerprint density at radius 2 is 2.17 bits per heavy atom. The molecule has 6 nitrogen and oxygen atoms in total. The number of nitrogens with two attached hydrogens (primary N) is 1. The second kappa shape index (κ2) is 3.93. The van der Waals surface area contributed by atoms with Crippen LogP contribution in [0, 0.1) is 0 Å². The molecule has 3 aliphatic rings. The fraction of sp³-hybridized carbons (Fsp3) is 0.833. The van der Waals surface area contributed by atoms with Gasteiger partial charge in [-0.3, -0.25) is 14.5 Å². The number of amides is 1. The first-order valence-electron chi connectivity index (χ1n) is 6.57. The molecule has 3 unspecified atom stereocenters. The number of carbonyl (C=O) groups is 2. The molecule has 3 saturated heterocycles. The smallest absolute Gasteiger partial charge is 0.325 e. The minimum absolute atomic E-state index is 0.171. The molecule has 1 amide bonds. The van der Waals surface area contributed by atoms with Gasteiger partial charge in [-0.05, 0) is 19.3 Å². The maximum atomic E-state index is 11.9. The van der Waals surface area contributed by atoms with E-state index in [0.29, 0.717) is 25.9 Å². The van der Waals surface area contributed by atoms with Crippen molar-refractivity contribution in [2.75, 3.05) is 19.6 Å². The molecule has 0 aromatic carbocycles. The Bertz CT molecular complexity index is 400. The molecule has 3 N–H and O–H groups in total. The van der Waals surface area contributed by atoms with Gasteiger partial charge in [0.15, 0.2) is 0 Å². The molecular weight excluding hydrogens is 234 g/mol. The Morgan fingerprint density at radius 3 is 2.83 bits per heavy atom. The van der Waals surface area contributed by atoms with Crippen LogP contribution < -0.4 is 5.73 Å². The number of fused-ring (bicyclic) bond motifs is 1. The molecule has 0 aliphatic carbocycles. The summed E-state index contributed by atoms with van der Waals surface area (Å²) in [5.41, 5.74) is 4.76. The summed E-state index contributed by atoms with van der Waals surface area (Å²) in [4.78, 5) is 27.1. The Labute approximate surface area is 106 Å². The number of carboxylic acids is 1. The third-order valence-corrected chi connectivity index (χ3v) is 4.67. The van der Waals surface area contributed by atoms with Crippen LogP contribution >= 0.6 is 0 Å². The third kappa shape index (κ3) is 1.63. The van der Waals surface area contributed by atoms with Crippen LogP contribution in [0.3, 0.4) is 0 Å².